The zero-order chi connectivity index (χ0) is 19.6. The lowest BCUT2D eigenvalue weighted by molar-refractivity contribution is -0.122. The number of carbonyl (C=O) groups excluding carboxylic acids is 2. The predicted molar refractivity (Wildman–Crippen MR) is 110 cm³/mol. The summed E-state index contributed by atoms with van der Waals surface area (Å²) in [6.07, 6.45) is 1.21. The number of nitrogens with zero attached hydrogens (tertiary/aromatic N) is 1. The minimum Gasteiger partial charge on any atom is -0.326 e. The molecule has 3 rings (SSSR count). The van der Waals surface area contributed by atoms with Crippen molar-refractivity contribution in [1.82, 2.24) is 0 Å². The Bertz CT molecular complexity index is 865. The maximum atomic E-state index is 12.8. The number of halogens is 1. The van der Waals surface area contributed by atoms with E-state index in [1.165, 1.54) is 0 Å². The maximum Gasteiger partial charge on any atom is 0.229 e. The Morgan fingerprint density at radius 1 is 1.30 bits per heavy atom. The van der Waals surface area contributed by atoms with Crippen molar-refractivity contribution in [3.05, 3.63) is 58.6 Å². The lowest BCUT2D eigenvalue weighted by atomic mass is 9.96. The molecular formula is C22H25ClN2O2. The standard InChI is InChI=1S/C22H25ClN2O2/c1-4-14(2)18-7-5-6-8-20(18)24-22(27)16-11-21(26)25(13-16)17-10-9-15(3)19(23)12-17/h5-10,12,14,16H,4,11,13H2,1-3H3,(H,24,27)/t14-,16-/m1/s1. The van der Waals surface area contributed by atoms with Crippen LogP contribution in [-0.4, -0.2) is 18.4 Å². The second-order valence-corrected chi connectivity index (χ2v) is 7.63. The largest absolute Gasteiger partial charge is 0.326 e. The highest BCUT2D eigenvalue weighted by Crippen LogP contribution is 2.31. The number of carbonyl (C=O) groups is 2. The van der Waals surface area contributed by atoms with Crippen molar-refractivity contribution < 1.29 is 9.59 Å². The van der Waals surface area contributed by atoms with Crippen LogP contribution in [0.2, 0.25) is 5.02 Å². The Morgan fingerprint density at radius 3 is 2.74 bits per heavy atom. The van der Waals surface area contributed by atoms with Crippen LogP contribution in [0.1, 0.15) is 43.7 Å². The number of aryl methyl sites for hydroxylation is 1. The fourth-order valence-electron chi connectivity index (χ4n) is 3.38. The van der Waals surface area contributed by atoms with E-state index in [9.17, 15) is 9.59 Å². The third-order valence-corrected chi connectivity index (χ3v) is 5.73. The van der Waals surface area contributed by atoms with Gasteiger partial charge in [0.2, 0.25) is 11.8 Å². The molecule has 27 heavy (non-hydrogen) atoms. The molecule has 0 radical (unpaired) electrons. The third-order valence-electron chi connectivity index (χ3n) is 5.32. The van der Waals surface area contributed by atoms with Crippen LogP contribution < -0.4 is 10.2 Å². The van der Waals surface area contributed by atoms with E-state index in [4.69, 9.17) is 11.6 Å². The average molecular weight is 385 g/mol. The van der Waals surface area contributed by atoms with Crippen molar-refractivity contribution in [2.45, 2.75) is 39.5 Å². The first-order valence-electron chi connectivity index (χ1n) is 9.37. The van der Waals surface area contributed by atoms with Gasteiger partial charge in [0.1, 0.15) is 0 Å². The Morgan fingerprint density at radius 2 is 2.04 bits per heavy atom. The fraction of sp³-hybridized carbons (Fsp3) is 0.364. The summed E-state index contributed by atoms with van der Waals surface area (Å²) in [6.45, 7) is 6.56. The lowest BCUT2D eigenvalue weighted by Gasteiger charge is -2.19. The van der Waals surface area contributed by atoms with E-state index in [0.29, 0.717) is 17.5 Å². The van der Waals surface area contributed by atoms with Gasteiger partial charge in [0.25, 0.3) is 0 Å². The molecule has 0 aromatic heterocycles. The molecule has 1 fully saturated rings. The molecule has 1 aliphatic heterocycles. The number of nitrogens with one attached hydrogen (secondary N) is 1. The number of rotatable bonds is 5. The summed E-state index contributed by atoms with van der Waals surface area (Å²) in [6, 6.07) is 13.4. The lowest BCUT2D eigenvalue weighted by Crippen LogP contribution is -2.28. The second kappa shape index (κ2) is 8.13. The number of hydrogen-bond donors (Lipinski definition) is 1. The molecule has 2 amide bonds. The predicted octanol–water partition coefficient (Wildman–Crippen LogP) is 5.15. The van der Waals surface area contributed by atoms with Crippen LogP contribution in [0.3, 0.4) is 0 Å². The van der Waals surface area contributed by atoms with Crippen molar-refractivity contribution in [3.8, 4) is 0 Å². The summed E-state index contributed by atoms with van der Waals surface area (Å²) < 4.78 is 0. The molecule has 2 aromatic carbocycles. The Kier molecular flexibility index (Phi) is 5.85. The van der Waals surface area contributed by atoms with Crippen LogP contribution in [0.4, 0.5) is 11.4 Å². The van der Waals surface area contributed by atoms with Crippen molar-refractivity contribution >= 4 is 34.8 Å². The monoisotopic (exact) mass is 384 g/mol. The van der Waals surface area contributed by atoms with Gasteiger partial charge in [0, 0.05) is 29.4 Å². The van der Waals surface area contributed by atoms with E-state index in [0.717, 1.165) is 28.9 Å². The molecule has 0 bridgehead atoms. The number of hydrogen-bond acceptors (Lipinski definition) is 2. The average Bonchev–Trinajstić information content (AvgIpc) is 3.05. The van der Waals surface area contributed by atoms with Crippen LogP contribution in [0, 0.1) is 12.8 Å². The molecule has 0 aliphatic carbocycles. The molecule has 0 saturated carbocycles. The van der Waals surface area contributed by atoms with Crippen molar-refractivity contribution in [1.29, 1.82) is 0 Å². The van der Waals surface area contributed by atoms with Crippen LogP contribution in [0.5, 0.6) is 0 Å². The molecule has 1 N–H and O–H groups in total. The molecule has 1 heterocycles. The van der Waals surface area contributed by atoms with Gasteiger partial charge in [-0.25, -0.2) is 0 Å². The zero-order valence-corrected chi connectivity index (χ0v) is 16.7. The molecular weight excluding hydrogens is 360 g/mol. The zero-order valence-electron chi connectivity index (χ0n) is 16.0. The van der Waals surface area contributed by atoms with Gasteiger partial charge in [-0.05, 0) is 48.6 Å². The van der Waals surface area contributed by atoms with Crippen molar-refractivity contribution in [2.24, 2.45) is 5.92 Å². The van der Waals surface area contributed by atoms with Crippen molar-refractivity contribution in [3.63, 3.8) is 0 Å². The third kappa shape index (κ3) is 4.16. The first kappa shape index (κ1) is 19.4. The van der Waals surface area contributed by atoms with E-state index in [1.54, 1.807) is 11.0 Å². The summed E-state index contributed by atoms with van der Waals surface area (Å²) in [5.74, 6) is -0.175. The SMILES string of the molecule is CC[C@@H](C)c1ccccc1NC(=O)[C@@H]1CC(=O)N(c2ccc(C)c(Cl)c2)C1. The van der Waals surface area contributed by atoms with Gasteiger partial charge in [-0.3, -0.25) is 9.59 Å². The summed E-state index contributed by atoms with van der Waals surface area (Å²) in [4.78, 5) is 26.9. The minimum atomic E-state index is -0.373. The Labute approximate surface area is 165 Å². The molecule has 1 saturated heterocycles. The van der Waals surface area contributed by atoms with Gasteiger partial charge < -0.3 is 10.2 Å². The molecule has 0 unspecified atom stereocenters. The first-order chi connectivity index (χ1) is 12.9. The fourth-order valence-corrected chi connectivity index (χ4v) is 3.55. The molecule has 1 aliphatic rings. The first-order valence-corrected chi connectivity index (χ1v) is 9.74. The summed E-state index contributed by atoms with van der Waals surface area (Å²) in [7, 11) is 0. The van der Waals surface area contributed by atoms with E-state index in [1.807, 2.05) is 43.3 Å². The summed E-state index contributed by atoms with van der Waals surface area (Å²) in [5, 5.41) is 3.66. The minimum absolute atomic E-state index is 0.0507. The highest BCUT2D eigenvalue weighted by molar-refractivity contribution is 6.31. The van der Waals surface area contributed by atoms with Crippen LogP contribution >= 0.6 is 11.6 Å². The second-order valence-electron chi connectivity index (χ2n) is 7.22. The maximum absolute atomic E-state index is 12.8. The summed E-state index contributed by atoms with van der Waals surface area (Å²) >= 11 is 6.19. The number of para-hydroxylation sites is 1. The topological polar surface area (TPSA) is 49.4 Å². The molecule has 0 spiro atoms. The highest BCUT2D eigenvalue weighted by atomic mass is 35.5. The molecule has 142 valence electrons. The van der Waals surface area contributed by atoms with Gasteiger partial charge in [0.15, 0.2) is 0 Å². The van der Waals surface area contributed by atoms with Gasteiger partial charge >= 0.3 is 0 Å². The van der Waals surface area contributed by atoms with E-state index >= 15 is 0 Å². The number of amides is 2. The normalized spacial score (nSPS) is 17.9. The number of benzene rings is 2. The van der Waals surface area contributed by atoms with E-state index in [2.05, 4.69) is 19.2 Å². The van der Waals surface area contributed by atoms with Crippen LogP contribution in [0.15, 0.2) is 42.5 Å². The van der Waals surface area contributed by atoms with Crippen molar-refractivity contribution in [2.75, 3.05) is 16.8 Å². The highest BCUT2D eigenvalue weighted by Gasteiger charge is 2.35. The number of anilines is 2. The van der Waals surface area contributed by atoms with Gasteiger partial charge in [-0.15, -0.1) is 0 Å². The Hall–Kier alpha value is -2.33. The van der Waals surface area contributed by atoms with Crippen LogP contribution in [0.25, 0.3) is 0 Å². The van der Waals surface area contributed by atoms with Crippen LogP contribution in [-0.2, 0) is 9.59 Å². The molecule has 5 heteroatoms. The molecule has 2 atom stereocenters. The van der Waals surface area contributed by atoms with E-state index in [-0.39, 0.29) is 24.2 Å². The Balaban J connectivity index is 1.74. The van der Waals surface area contributed by atoms with Gasteiger partial charge in [-0.1, -0.05) is 49.7 Å². The van der Waals surface area contributed by atoms with Gasteiger partial charge in [0.05, 0.1) is 5.92 Å². The quantitative estimate of drug-likeness (QED) is 0.774. The van der Waals surface area contributed by atoms with Gasteiger partial charge in [-0.2, -0.15) is 0 Å². The molecule has 4 nitrogen and oxygen atoms in total. The smallest absolute Gasteiger partial charge is 0.229 e. The summed E-state index contributed by atoms with van der Waals surface area (Å²) in [5.41, 5.74) is 3.66. The molecule has 2 aromatic rings. The van der Waals surface area contributed by atoms with E-state index < -0.39 is 0 Å².